The molecule has 10 aromatic rings. The molecule has 0 amide bonds. The Hall–Kier alpha value is -4.66. The summed E-state index contributed by atoms with van der Waals surface area (Å²) in [4.78, 5) is 0. The number of thiophene rings is 1. The fourth-order valence-electron chi connectivity index (χ4n) is 7.15. The van der Waals surface area contributed by atoms with Gasteiger partial charge < -0.3 is 4.40 Å². The monoisotopic (exact) mass is 497 g/mol. The van der Waals surface area contributed by atoms with Crippen molar-refractivity contribution in [2.75, 3.05) is 0 Å². The summed E-state index contributed by atoms with van der Waals surface area (Å²) >= 11 is 1.88. The van der Waals surface area contributed by atoms with E-state index >= 15 is 0 Å². The van der Waals surface area contributed by atoms with Gasteiger partial charge in [0, 0.05) is 47.3 Å². The lowest BCUT2D eigenvalue weighted by molar-refractivity contribution is 1.37. The molecule has 0 aliphatic carbocycles. The minimum absolute atomic E-state index is 1.28. The SMILES string of the molecule is c1ccc2c(c1)sc1ccc(-c3ccc4c5ccccc5c5ccc6c7ccccc7n7c3c4c5c67)cc12. The molecule has 0 aliphatic heterocycles. The van der Waals surface area contributed by atoms with Gasteiger partial charge in [-0.1, -0.05) is 91.0 Å². The van der Waals surface area contributed by atoms with Gasteiger partial charge >= 0.3 is 0 Å². The van der Waals surface area contributed by atoms with E-state index < -0.39 is 0 Å². The maximum atomic E-state index is 2.56. The first-order valence-electron chi connectivity index (χ1n) is 13.1. The van der Waals surface area contributed by atoms with Gasteiger partial charge in [-0.15, -0.1) is 11.3 Å². The molecule has 7 aromatic carbocycles. The molecule has 10 rings (SSSR count). The van der Waals surface area contributed by atoms with Crippen molar-refractivity contribution in [3.8, 4) is 11.1 Å². The van der Waals surface area contributed by atoms with Crippen LogP contribution in [0.2, 0.25) is 0 Å². The third-order valence-electron chi connectivity index (χ3n) is 8.68. The maximum Gasteiger partial charge on any atom is 0.0627 e. The van der Waals surface area contributed by atoms with Crippen LogP contribution in [-0.2, 0) is 0 Å². The number of fused-ring (bicyclic) bond motifs is 10. The van der Waals surface area contributed by atoms with Crippen molar-refractivity contribution >= 4 is 91.1 Å². The Labute approximate surface area is 221 Å². The van der Waals surface area contributed by atoms with Crippen molar-refractivity contribution in [2.45, 2.75) is 0 Å². The normalized spacial score (nSPS) is 12.7. The van der Waals surface area contributed by atoms with Crippen LogP contribution in [0.1, 0.15) is 0 Å². The number of benzene rings is 7. The van der Waals surface area contributed by atoms with E-state index in [-0.39, 0.29) is 0 Å². The molecule has 2 heteroatoms. The molecule has 0 fully saturated rings. The Morgan fingerprint density at radius 1 is 0.421 bits per heavy atom. The zero-order valence-electron chi connectivity index (χ0n) is 20.3. The number of aromatic nitrogens is 1. The molecule has 174 valence electrons. The molecule has 0 saturated carbocycles. The molecule has 38 heavy (non-hydrogen) atoms. The van der Waals surface area contributed by atoms with Crippen molar-refractivity contribution in [3.05, 3.63) is 115 Å². The third kappa shape index (κ3) is 2.17. The van der Waals surface area contributed by atoms with Crippen molar-refractivity contribution < 1.29 is 0 Å². The standard InChI is InChI=1S/C36H19NS/c1-2-8-23-22(7-1)26-15-14-21(20-13-18-32-29(19-20)25-10-4-6-12-31(25)38-32)35-33(26)34-27(23)16-17-28-24-9-3-5-11-30(24)37(35)36(28)34/h1-19H. The van der Waals surface area contributed by atoms with Crippen molar-refractivity contribution in [2.24, 2.45) is 0 Å². The Morgan fingerprint density at radius 2 is 1.05 bits per heavy atom. The van der Waals surface area contributed by atoms with Crippen molar-refractivity contribution in [1.82, 2.24) is 4.40 Å². The fraction of sp³-hybridized carbons (Fsp3) is 0. The van der Waals surface area contributed by atoms with E-state index in [4.69, 9.17) is 0 Å². The molecule has 0 atom stereocenters. The molecule has 0 aliphatic rings. The number of rotatable bonds is 1. The summed E-state index contributed by atoms with van der Waals surface area (Å²) in [5, 5.41) is 13.5. The largest absolute Gasteiger partial charge is 0.307 e. The van der Waals surface area contributed by atoms with Crippen LogP contribution in [-0.4, -0.2) is 4.40 Å². The Morgan fingerprint density at radius 3 is 1.89 bits per heavy atom. The van der Waals surface area contributed by atoms with Crippen LogP contribution < -0.4 is 0 Å². The second-order valence-corrected chi connectivity index (χ2v) is 11.6. The first kappa shape index (κ1) is 19.5. The van der Waals surface area contributed by atoms with Crippen LogP contribution in [0.3, 0.4) is 0 Å². The second-order valence-electron chi connectivity index (χ2n) is 10.5. The van der Waals surface area contributed by atoms with Crippen LogP contribution in [0.25, 0.3) is 90.9 Å². The van der Waals surface area contributed by atoms with E-state index in [9.17, 15) is 0 Å². The summed E-state index contributed by atoms with van der Waals surface area (Å²) in [6, 6.07) is 43.0. The Kier molecular flexibility index (Phi) is 3.38. The van der Waals surface area contributed by atoms with E-state index in [0.29, 0.717) is 0 Å². The van der Waals surface area contributed by atoms with Gasteiger partial charge in [0.25, 0.3) is 0 Å². The van der Waals surface area contributed by atoms with E-state index in [2.05, 4.69) is 120 Å². The predicted octanol–water partition coefficient (Wildman–Crippen LogP) is 10.6. The van der Waals surface area contributed by atoms with Crippen LogP contribution >= 0.6 is 11.3 Å². The summed E-state index contributed by atoms with van der Waals surface area (Å²) in [7, 11) is 0. The lowest BCUT2D eigenvalue weighted by atomic mass is 9.91. The van der Waals surface area contributed by atoms with Gasteiger partial charge in [0.1, 0.15) is 0 Å². The van der Waals surface area contributed by atoms with Gasteiger partial charge in [0.05, 0.1) is 16.6 Å². The quantitative estimate of drug-likeness (QED) is 0.199. The van der Waals surface area contributed by atoms with Crippen molar-refractivity contribution in [1.29, 1.82) is 0 Å². The Bertz CT molecular complexity index is 2560. The second kappa shape index (κ2) is 6.61. The predicted molar refractivity (Wildman–Crippen MR) is 166 cm³/mol. The molecule has 3 heterocycles. The minimum atomic E-state index is 1.28. The van der Waals surface area contributed by atoms with E-state index in [0.717, 1.165) is 0 Å². The van der Waals surface area contributed by atoms with E-state index in [1.54, 1.807) is 0 Å². The molecule has 0 bridgehead atoms. The summed E-state index contributed by atoms with van der Waals surface area (Å²) in [5.41, 5.74) is 6.53. The highest BCUT2D eigenvalue weighted by Gasteiger charge is 2.24. The van der Waals surface area contributed by atoms with Gasteiger partial charge in [-0.05, 0) is 51.4 Å². The molecular weight excluding hydrogens is 478 g/mol. The number of hydrogen-bond donors (Lipinski definition) is 0. The summed E-state index contributed by atoms with van der Waals surface area (Å²) in [6.45, 7) is 0. The highest BCUT2D eigenvalue weighted by atomic mass is 32.1. The molecule has 0 saturated heterocycles. The van der Waals surface area contributed by atoms with Crippen LogP contribution in [0.15, 0.2) is 115 Å². The molecule has 0 unspecified atom stereocenters. The van der Waals surface area contributed by atoms with Crippen molar-refractivity contribution in [3.63, 3.8) is 0 Å². The molecule has 1 nitrogen and oxygen atoms in total. The van der Waals surface area contributed by atoms with Gasteiger partial charge in [0.15, 0.2) is 0 Å². The number of hydrogen-bond acceptors (Lipinski definition) is 1. The Balaban J connectivity index is 1.47. The molecular formula is C36H19NS. The highest BCUT2D eigenvalue weighted by Crippen LogP contribution is 2.49. The first-order chi connectivity index (χ1) is 18.9. The lowest BCUT2D eigenvalue weighted by Crippen LogP contribution is -1.88. The average Bonchev–Trinajstić information content (AvgIpc) is 3.64. The average molecular weight is 498 g/mol. The van der Waals surface area contributed by atoms with E-state index in [1.165, 1.54) is 90.9 Å². The number of para-hydroxylation sites is 1. The number of nitrogens with zero attached hydrogens (tertiary/aromatic N) is 1. The smallest absolute Gasteiger partial charge is 0.0627 e. The zero-order valence-corrected chi connectivity index (χ0v) is 21.1. The van der Waals surface area contributed by atoms with E-state index in [1.807, 2.05) is 11.3 Å². The molecule has 3 aromatic heterocycles. The molecule has 0 radical (unpaired) electrons. The van der Waals surface area contributed by atoms with Gasteiger partial charge in [-0.3, -0.25) is 0 Å². The molecule has 0 spiro atoms. The third-order valence-corrected chi connectivity index (χ3v) is 9.84. The summed E-state index contributed by atoms with van der Waals surface area (Å²) in [6.07, 6.45) is 0. The zero-order chi connectivity index (χ0) is 24.5. The fourth-order valence-corrected chi connectivity index (χ4v) is 8.23. The van der Waals surface area contributed by atoms with Gasteiger partial charge in [-0.25, -0.2) is 0 Å². The summed E-state index contributed by atoms with van der Waals surface area (Å²) in [5.74, 6) is 0. The lowest BCUT2D eigenvalue weighted by Gasteiger charge is -2.12. The molecule has 0 N–H and O–H groups in total. The maximum absolute atomic E-state index is 2.56. The van der Waals surface area contributed by atoms with Crippen LogP contribution in [0.4, 0.5) is 0 Å². The van der Waals surface area contributed by atoms with Crippen LogP contribution in [0, 0.1) is 0 Å². The summed E-state index contributed by atoms with van der Waals surface area (Å²) < 4.78 is 5.25. The highest BCUT2D eigenvalue weighted by molar-refractivity contribution is 7.25. The van der Waals surface area contributed by atoms with Gasteiger partial charge in [-0.2, -0.15) is 0 Å². The first-order valence-corrected chi connectivity index (χ1v) is 13.9. The van der Waals surface area contributed by atoms with Gasteiger partial charge in [0.2, 0.25) is 0 Å². The topological polar surface area (TPSA) is 4.41 Å². The van der Waals surface area contributed by atoms with Crippen LogP contribution in [0.5, 0.6) is 0 Å². The minimum Gasteiger partial charge on any atom is -0.307 e.